The van der Waals surface area contributed by atoms with Gasteiger partial charge in [-0.1, -0.05) is 36.4 Å². The lowest BCUT2D eigenvalue weighted by molar-refractivity contribution is -0.137. The van der Waals surface area contributed by atoms with E-state index in [2.05, 4.69) is 24.4 Å². The summed E-state index contributed by atoms with van der Waals surface area (Å²) in [7, 11) is 0. The van der Waals surface area contributed by atoms with Gasteiger partial charge in [-0.05, 0) is 67.9 Å². The monoisotopic (exact) mass is 388 g/mol. The van der Waals surface area contributed by atoms with Gasteiger partial charge in [-0.2, -0.15) is 13.2 Å². The molecule has 2 aromatic rings. The second-order valence-electron chi connectivity index (χ2n) is 8.74. The first-order chi connectivity index (χ1) is 13.2. The summed E-state index contributed by atoms with van der Waals surface area (Å²) in [5, 5.41) is 3.77. The van der Waals surface area contributed by atoms with Gasteiger partial charge in [0.25, 0.3) is 0 Å². The molecule has 150 valence electrons. The van der Waals surface area contributed by atoms with Gasteiger partial charge in [0.2, 0.25) is 0 Å². The Morgan fingerprint density at radius 1 is 1.00 bits per heavy atom. The molecule has 4 rings (SSSR count). The van der Waals surface area contributed by atoms with Crippen LogP contribution in [0.5, 0.6) is 0 Å². The molecule has 2 saturated carbocycles. The smallest absolute Gasteiger partial charge is 0.325 e. The second kappa shape index (κ2) is 7.20. The van der Waals surface area contributed by atoms with Crippen molar-refractivity contribution in [2.75, 3.05) is 0 Å². The molecule has 0 spiro atoms. The Labute approximate surface area is 164 Å². The predicted octanol–water partition coefficient (Wildman–Crippen LogP) is 5.48. The van der Waals surface area contributed by atoms with Crippen LogP contribution < -0.4 is 11.1 Å². The third-order valence-corrected chi connectivity index (χ3v) is 6.23. The Balaban J connectivity index is 1.37. The molecule has 3 N–H and O–H groups in total. The Morgan fingerprint density at radius 2 is 1.68 bits per heavy atom. The lowest BCUT2D eigenvalue weighted by Crippen LogP contribution is -2.45. The molecule has 2 atom stereocenters. The van der Waals surface area contributed by atoms with Gasteiger partial charge in [-0.15, -0.1) is 0 Å². The van der Waals surface area contributed by atoms with Gasteiger partial charge < -0.3 is 11.1 Å². The van der Waals surface area contributed by atoms with E-state index >= 15 is 0 Å². The fourth-order valence-electron chi connectivity index (χ4n) is 4.29. The number of rotatable bonds is 4. The summed E-state index contributed by atoms with van der Waals surface area (Å²) in [4.78, 5) is 0. The van der Waals surface area contributed by atoms with E-state index in [9.17, 15) is 13.2 Å². The highest BCUT2D eigenvalue weighted by molar-refractivity contribution is 5.65. The van der Waals surface area contributed by atoms with Crippen LogP contribution in [-0.2, 0) is 6.18 Å². The van der Waals surface area contributed by atoms with Crippen molar-refractivity contribution in [3.8, 4) is 11.1 Å². The lowest BCUT2D eigenvalue weighted by atomic mass is 9.81. The zero-order valence-corrected chi connectivity index (χ0v) is 16.1. The Morgan fingerprint density at radius 3 is 2.32 bits per heavy atom. The van der Waals surface area contributed by atoms with Crippen LogP contribution in [0.25, 0.3) is 11.1 Å². The van der Waals surface area contributed by atoms with Crippen molar-refractivity contribution in [2.24, 2.45) is 5.73 Å². The van der Waals surface area contributed by atoms with Crippen molar-refractivity contribution in [2.45, 2.75) is 68.7 Å². The maximum atomic E-state index is 12.9. The van der Waals surface area contributed by atoms with E-state index in [1.807, 2.05) is 12.1 Å². The minimum absolute atomic E-state index is 0.0135. The summed E-state index contributed by atoms with van der Waals surface area (Å²) in [6.07, 6.45) is 1.19. The van der Waals surface area contributed by atoms with Gasteiger partial charge in [0, 0.05) is 23.5 Å². The molecule has 5 heteroatoms. The zero-order valence-electron chi connectivity index (χ0n) is 16.1. The number of benzene rings is 2. The highest BCUT2D eigenvalue weighted by atomic mass is 19.4. The van der Waals surface area contributed by atoms with Crippen molar-refractivity contribution >= 4 is 0 Å². The number of hydrogen-bond donors (Lipinski definition) is 2. The zero-order chi connectivity index (χ0) is 19.9. The van der Waals surface area contributed by atoms with Gasteiger partial charge in [0.15, 0.2) is 0 Å². The van der Waals surface area contributed by atoms with Crippen molar-refractivity contribution in [3.05, 3.63) is 59.7 Å². The summed E-state index contributed by atoms with van der Waals surface area (Å²) in [5.74, 6) is 0.502. The van der Waals surface area contributed by atoms with Crippen LogP contribution in [0.2, 0.25) is 0 Å². The standard InChI is InChI=1S/C23H27F3N2/c1-22(27)11-9-19(10-12-22)28-21-14-20(21)16-7-5-15(6-8-16)17-3-2-4-18(13-17)23(24,25)26/h2-8,13,19-21,28H,9-12,14,27H2,1H3. The van der Waals surface area contributed by atoms with Gasteiger partial charge >= 0.3 is 6.18 Å². The predicted molar refractivity (Wildman–Crippen MR) is 106 cm³/mol. The Kier molecular flexibility index (Phi) is 5.00. The molecular formula is C23H27F3N2. The topological polar surface area (TPSA) is 38.0 Å². The second-order valence-corrected chi connectivity index (χ2v) is 8.74. The fraction of sp³-hybridized carbons (Fsp3) is 0.478. The maximum Gasteiger partial charge on any atom is 0.416 e. The third kappa shape index (κ3) is 4.41. The van der Waals surface area contributed by atoms with Crippen LogP contribution in [0.15, 0.2) is 48.5 Å². The average molecular weight is 388 g/mol. The Bertz CT molecular complexity index is 816. The molecule has 2 unspecified atom stereocenters. The summed E-state index contributed by atoms with van der Waals surface area (Å²) >= 11 is 0. The number of alkyl halides is 3. The summed E-state index contributed by atoms with van der Waals surface area (Å²) < 4.78 is 38.8. The van der Waals surface area contributed by atoms with Gasteiger partial charge in [-0.3, -0.25) is 0 Å². The van der Waals surface area contributed by atoms with E-state index in [4.69, 9.17) is 5.73 Å². The number of halogens is 3. The molecule has 0 saturated heterocycles. The van der Waals surface area contributed by atoms with E-state index < -0.39 is 11.7 Å². The molecule has 0 radical (unpaired) electrons. The molecule has 0 aliphatic heterocycles. The largest absolute Gasteiger partial charge is 0.416 e. The minimum atomic E-state index is -4.32. The number of hydrogen-bond acceptors (Lipinski definition) is 2. The molecule has 2 nitrogen and oxygen atoms in total. The number of nitrogens with one attached hydrogen (secondary N) is 1. The number of nitrogens with two attached hydrogens (primary N) is 1. The molecule has 2 aliphatic carbocycles. The first-order valence-corrected chi connectivity index (χ1v) is 10.0. The third-order valence-electron chi connectivity index (χ3n) is 6.23. The maximum absolute atomic E-state index is 12.9. The molecule has 2 aliphatic rings. The van der Waals surface area contributed by atoms with Crippen LogP contribution >= 0.6 is 0 Å². The highest BCUT2D eigenvalue weighted by Gasteiger charge is 2.40. The summed E-state index contributed by atoms with van der Waals surface area (Å²) in [5.41, 5.74) is 8.25. The first-order valence-electron chi connectivity index (χ1n) is 10.0. The van der Waals surface area contributed by atoms with Crippen LogP contribution in [0.1, 0.15) is 56.1 Å². The van der Waals surface area contributed by atoms with Crippen molar-refractivity contribution in [3.63, 3.8) is 0 Å². The van der Waals surface area contributed by atoms with E-state index in [-0.39, 0.29) is 5.54 Å². The molecule has 0 aromatic heterocycles. The molecule has 0 amide bonds. The van der Waals surface area contributed by atoms with E-state index in [1.54, 1.807) is 6.07 Å². The molecule has 2 aromatic carbocycles. The quantitative estimate of drug-likeness (QED) is 0.728. The van der Waals surface area contributed by atoms with Crippen molar-refractivity contribution in [1.29, 1.82) is 0 Å². The summed E-state index contributed by atoms with van der Waals surface area (Å²) in [6.45, 7) is 2.13. The van der Waals surface area contributed by atoms with Crippen LogP contribution in [0.4, 0.5) is 13.2 Å². The average Bonchev–Trinajstić information content (AvgIpc) is 3.42. The van der Waals surface area contributed by atoms with E-state index in [0.29, 0.717) is 23.6 Å². The summed E-state index contributed by atoms with van der Waals surface area (Å²) in [6, 6.07) is 14.5. The molecule has 2 fully saturated rings. The molecular weight excluding hydrogens is 361 g/mol. The normalized spacial score (nSPS) is 30.2. The van der Waals surface area contributed by atoms with E-state index in [1.165, 1.54) is 17.7 Å². The van der Waals surface area contributed by atoms with Gasteiger partial charge in [0.1, 0.15) is 0 Å². The SMILES string of the molecule is CC1(N)CCC(NC2CC2c2ccc(-c3cccc(C(F)(F)F)c3)cc2)CC1. The lowest BCUT2D eigenvalue weighted by Gasteiger charge is -2.34. The van der Waals surface area contributed by atoms with Crippen LogP contribution in [0.3, 0.4) is 0 Å². The molecule has 0 heterocycles. The van der Waals surface area contributed by atoms with Gasteiger partial charge in [0.05, 0.1) is 5.56 Å². The van der Waals surface area contributed by atoms with E-state index in [0.717, 1.165) is 43.7 Å². The molecule has 28 heavy (non-hydrogen) atoms. The first kappa shape index (κ1) is 19.5. The Hall–Kier alpha value is -1.85. The van der Waals surface area contributed by atoms with Crippen molar-refractivity contribution < 1.29 is 13.2 Å². The van der Waals surface area contributed by atoms with Crippen LogP contribution in [-0.4, -0.2) is 17.6 Å². The van der Waals surface area contributed by atoms with Gasteiger partial charge in [-0.25, -0.2) is 0 Å². The highest BCUT2D eigenvalue weighted by Crippen LogP contribution is 2.42. The fourth-order valence-corrected chi connectivity index (χ4v) is 4.29. The van der Waals surface area contributed by atoms with Crippen molar-refractivity contribution in [1.82, 2.24) is 5.32 Å². The molecule has 0 bridgehead atoms. The minimum Gasteiger partial charge on any atom is -0.325 e. The van der Waals surface area contributed by atoms with Crippen LogP contribution in [0, 0.1) is 0 Å².